The fourth-order valence-electron chi connectivity index (χ4n) is 2.76. The fraction of sp³-hybridized carbons (Fsp3) is 0.364. The molecule has 0 spiro atoms. The normalized spacial score (nSPS) is 13.7. The number of nitrogens with one attached hydrogen (secondary N) is 1. The SMILES string of the molecule is COP(=O)(OC)[C@H](OC(=O)c1ccccc1)[C@@H](NC(=O)OC(C)(C)C)c1ccccc1. The first-order valence-corrected chi connectivity index (χ1v) is 11.2. The van der Waals surface area contributed by atoms with Crippen molar-refractivity contribution in [2.45, 2.75) is 38.3 Å². The van der Waals surface area contributed by atoms with Gasteiger partial charge in [-0.15, -0.1) is 0 Å². The summed E-state index contributed by atoms with van der Waals surface area (Å²) in [4.78, 5) is 25.3. The molecule has 31 heavy (non-hydrogen) atoms. The summed E-state index contributed by atoms with van der Waals surface area (Å²) in [6.45, 7) is 5.14. The molecular formula is C22H28NO7P. The van der Waals surface area contributed by atoms with Crippen LogP contribution in [0, 0.1) is 0 Å². The molecule has 2 atom stereocenters. The van der Waals surface area contributed by atoms with E-state index in [-0.39, 0.29) is 5.56 Å². The molecule has 0 bridgehead atoms. The zero-order valence-corrected chi connectivity index (χ0v) is 19.1. The molecular weight excluding hydrogens is 421 g/mol. The molecule has 0 fully saturated rings. The van der Waals surface area contributed by atoms with E-state index in [1.165, 1.54) is 14.2 Å². The second-order valence-corrected chi connectivity index (χ2v) is 9.92. The van der Waals surface area contributed by atoms with Crippen LogP contribution in [0.5, 0.6) is 0 Å². The molecule has 9 heteroatoms. The molecule has 0 aliphatic rings. The van der Waals surface area contributed by atoms with Gasteiger partial charge in [-0.25, -0.2) is 9.59 Å². The maximum atomic E-state index is 13.4. The fourth-order valence-corrected chi connectivity index (χ4v) is 4.16. The van der Waals surface area contributed by atoms with Gasteiger partial charge in [-0.1, -0.05) is 48.5 Å². The van der Waals surface area contributed by atoms with E-state index in [1.54, 1.807) is 81.4 Å². The molecule has 0 heterocycles. The van der Waals surface area contributed by atoms with Crippen molar-refractivity contribution in [2.24, 2.45) is 0 Å². The van der Waals surface area contributed by atoms with Crippen molar-refractivity contribution in [1.29, 1.82) is 0 Å². The van der Waals surface area contributed by atoms with Gasteiger partial charge in [-0.05, 0) is 38.5 Å². The number of rotatable bonds is 8. The summed E-state index contributed by atoms with van der Waals surface area (Å²) in [7, 11) is -1.64. The highest BCUT2D eigenvalue weighted by atomic mass is 31.2. The maximum Gasteiger partial charge on any atom is 0.408 e. The van der Waals surface area contributed by atoms with Crippen molar-refractivity contribution < 1.29 is 32.7 Å². The van der Waals surface area contributed by atoms with Crippen LogP contribution in [0.15, 0.2) is 60.7 Å². The first-order valence-electron chi connectivity index (χ1n) is 9.61. The summed E-state index contributed by atoms with van der Waals surface area (Å²) in [5.74, 6) is -2.23. The monoisotopic (exact) mass is 449 g/mol. The minimum absolute atomic E-state index is 0.246. The molecule has 0 saturated heterocycles. The summed E-state index contributed by atoms with van der Waals surface area (Å²) in [5.41, 5.74) is -0.00261. The van der Waals surface area contributed by atoms with Crippen LogP contribution < -0.4 is 5.32 Å². The van der Waals surface area contributed by atoms with Crippen molar-refractivity contribution in [2.75, 3.05) is 14.2 Å². The molecule has 0 radical (unpaired) electrons. The molecule has 0 aliphatic heterocycles. The Morgan fingerprint density at radius 2 is 1.42 bits per heavy atom. The molecule has 0 aliphatic carbocycles. The predicted octanol–water partition coefficient (Wildman–Crippen LogP) is 4.92. The van der Waals surface area contributed by atoms with Crippen LogP contribution in [0.25, 0.3) is 0 Å². The molecule has 2 aromatic carbocycles. The van der Waals surface area contributed by atoms with Gasteiger partial charge < -0.3 is 23.8 Å². The lowest BCUT2D eigenvalue weighted by Gasteiger charge is -2.32. The van der Waals surface area contributed by atoms with Crippen LogP contribution >= 0.6 is 7.60 Å². The summed E-state index contributed by atoms with van der Waals surface area (Å²) in [6, 6.07) is 15.8. The number of hydrogen-bond donors (Lipinski definition) is 1. The minimum atomic E-state index is -4.01. The quantitative estimate of drug-likeness (QED) is 0.451. The topological polar surface area (TPSA) is 100 Å². The van der Waals surface area contributed by atoms with Crippen molar-refractivity contribution in [3.8, 4) is 0 Å². The third-order valence-electron chi connectivity index (χ3n) is 4.17. The first-order chi connectivity index (χ1) is 14.6. The van der Waals surface area contributed by atoms with E-state index in [1.807, 2.05) is 0 Å². The average molecular weight is 449 g/mol. The Morgan fingerprint density at radius 1 is 0.903 bits per heavy atom. The largest absolute Gasteiger partial charge is 0.444 e. The molecule has 1 amide bonds. The minimum Gasteiger partial charge on any atom is -0.444 e. The van der Waals surface area contributed by atoms with E-state index >= 15 is 0 Å². The highest BCUT2D eigenvalue weighted by molar-refractivity contribution is 7.54. The molecule has 1 N–H and O–H groups in total. The summed E-state index contributed by atoms with van der Waals surface area (Å²) in [6.07, 6.45) is -0.777. The standard InChI is InChI=1S/C22H28NO7P/c1-22(2,3)30-21(25)23-18(16-12-8-6-9-13-16)20(31(26,27-4)28-5)29-19(24)17-14-10-7-11-15-17/h6-15,18,20H,1-5H3,(H,23,25)/t18-,20-/m0/s1. The average Bonchev–Trinajstić information content (AvgIpc) is 2.75. The van der Waals surface area contributed by atoms with Crippen molar-refractivity contribution >= 4 is 19.7 Å². The predicted molar refractivity (Wildman–Crippen MR) is 116 cm³/mol. The van der Waals surface area contributed by atoms with Gasteiger partial charge in [0.2, 0.25) is 5.85 Å². The maximum absolute atomic E-state index is 13.4. The smallest absolute Gasteiger partial charge is 0.408 e. The highest BCUT2D eigenvalue weighted by Gasteiger charge is 2.45. The van der Waals surface area contributed by atoms with Crippen LogP contribution in [0.4, 0.5) is 4.79 Å². The molecule has 0 saturated carbocycles. The van der Waals surface area contributed by atoms with Crippen LogP contribution in [0.3, 0.4) is 0 Å². The van der Waals surface area contributed by atoms with Gasteiger partial charge in [0.15, 0.2) is 0 Å². The second kappa shape index (κ2) is 10.6. The third-order valence-corrected chi connectivity index (χ3v) is 6.22. The number of amides is 1. The van der Waals surface area contributed by atoms with Crippen molar-refractivity contribution in [3.63, 3.8) is 0 Å². The van der Waals surface area contributed by atoms with Gasteiger partial charge in [0.25, 0.3) is 0 Å². The zero-order chi connectivity index (χ0) is 23.1. The Hall–Kier alpha value is -2.67. The number of alkyl carbamates (subject to hydrolysis) is 1. The van der Waals surface area contributed by atoms with Gasteiger partial charge in [-0.2, -0.15) is 0 Å². The van der Waals surface area contributed by atoms with Crippen LogP contribution in [0.2, 0.25) is 0 Å². The summed E-state index contributed by atoms with van der Waals surface area (Å²) in [5, 5.41) is 2.65. The molecule has 0 aromatic heterocycles. The van der Waals surface area contributed by atoms with Crippen LogP contribution in [0.1, 0.15) is 42.7 Å². The van der Waals surface area contributed by atoms with E-state index in [4.69, 9.17) is 18.5 Å². The highest BCUT2D eigenvalue weighted by Crippen LogP contribution is 2.56. The Kier molecular flexibility index (Phi) is 8.39. The van der Waals surface area contributed by atoms with Gasteiger partial charge in [0.05, 0.1) is 5.56 Å². The molecule has 168 valence electrons. The van der Waals surface area contributed by atoms with Gasteiger partial charge in [-0.3, -0.25) is 4.57 Å². The van der Waals surface area contributed by atoms with Crippen LogP contribution in [-0.4, -0.2) is 37.7 Å². The number of carbonyl (C=O) groups is 2. The lowest BCUT2D eigenvalue weighted by molar-refractivity contribution is 0.0240. The molecule has 0 unspecified atom stereocenters. The Morgan fingerprint density at radius 3 is 1.90 bits per heavy atom. The zero-order valence-electron chi connectivity index (χ0n) is 18.2. The number of benzene rings is 2. The van der Waals surface area contributed by atoms with Crippen LogP contribution in [-0.2, 0) is 23.1 Å². The van der Waals surface area contributed by atoms with E-state index in [0.29, 0.717) is 5.56 Å². The lowest BCUT2D eigenvalue weighted by Crippen LogP contribution is -2.41. The van der Waals surface area contributed by atoms with Crippen molar-refractivity contribution in [3.05, 3.63) is 71.8 Å². The third kappa shape index (κ3) is 6.92. The number of carbonyl (C=O) groups excluding carboxylic acids is 2. The number of hydrogen-bond acceptors (Lipinski definition) is 7. The van der Waals surface area contributed by atoms with E-state index in [2.05, 4.69) is 5.32 Å². The van der Waals surface area contributed by atoms with E-state index in [9.17, 15) is 14.2 Å². The Bertz CT molecular complexity index is 904. The number of ether oxygens (including phenoxy) is 2. The summed E-state index contributed by atoms with van der Waals surface area (Å²) >= 11 is 0. The van der Waals surface area contributed by atoms with E-state index in [0.717, 1.165) is 0 Å². The van der Waals surface area contributed by atoms with Gasteiger partial charge in [0.1, 0.15) is 11.6 Å². The number of esters is 1. The molecule has 2 rings (SSSR count). The van der Waals surface area contributed by atoms with E-state index < -0.39 is 37.1 Å². The Labute approximate surface area is 182 Å². The second-order valence-electron chi connectivity index (χ2n) is 7.60. The molecule has 8 nitrogen and oxygen atoms in total. The Balaban J connectivity index is 2.48. The van der Waals surface area contributed by atoms with Crippen molar-refractivity contribution in [1.82, 2.24) is 5.32 Å². The van der Waals surface area contributed by atoms with Gasteiger partial charge in [0, 0.05) is 14.2 Å². The summed E-state index contributed by atoms with van der Waals surface area (Å²) < 4.78 is 34.6. The lowest BCUT2D eigenvalue weighted by atomic mass is 10.1. The first kappa shape index (κ1) is 24.6. The molecule has 2 aromatic rings. The van der Waals surface area contributed by atoms with Gasteiger partial charge >= 0.3 is 19.7 Å².